The first-order valence-electron chi connectivity index (χ1n) is 38.7. The lowest BCUT2D eigenvalue weighted by molar-refractivity contribution is -0.215. The van der Waals surface area contributed by atoms with Gasteiger partial charge in [0.05, 0.1) is 31.5 Å². The standard InChI is InChI=1S/C77H125F3N12O13/c1-18-49(6)64-72(102)86(12)43-63(95)87(13)55-26-20-19-23-35-91(71(55)101)59(38-50-29-27-47(4)28-30-50)70(100)85(11)42-61(93)81-54(34-32-51-31-33-53(77(78,79)80)60(39-51)105-17)68(98)92-41-48(5)37-57(92)67(97)83-76(44-75(7,8)45-76)74(104)90(16)65(52-24-21-22-25-52)73(103)89(15)58(69(99)84(9)10)40-62(94)88(14)56(36-46(2)3)66(96)82-64/h19-20,46-60,64-65H,18,21-45H2,1-17H3,(H,81,93)(H,82,96)(H,83,97)/b20-19-/t47?,48-,49-,50?,51?,53?,54-,55-,56-,57-,58-,59-,60?,64-,65-/m0/s1. The van der Waals surface area contributed by atoms with E-state index in [0.717, 1.165) is 38.5 Å². The van der Waals surface area contributed by atoms with E-state index >= 15 is 28.8 Å². The van der Waals surface area contributed by atoms with Crippen LogP contribution in [-0.2, 0) is 62.3 Å². The Morgan fingerprint density at radius 2 is 1.30 bits per heavy atom. The molecule has 105 heavy (non-hydrogen) atoms. The molecule has 2 saturated heterocycles. The fraction of sp³-hybridized carbons (Fsp3) is 0.818. The summed E-state index contributed by atoms with van der Waals surface area (Å²) >= 11 is 0. The third-order valence-corrected chi connectivity index (χ3v) is 24.3. The van der Waals surface area contributed by atoms with Crippen molar-refractivity contribution in [3.8, 4) is 0 Å². The highest BCUT2D eigenvalue weighted by molar-refractivity contribution is 6.01. The maximum Gasteiger partial charge on any atom is 0.394 e. The molecule has 0 aromatic carbocycles. The maximum atomic E-state index is 15.8. The molecule has 0 aromatic rings. The summed E-state index contributed by atoms with van der Waals surface area (Å²) in [6.07, 6.45) is 4.97. The van der Waals surface area contributed by atoms with E-state index in [1.165, 1.54) is 108 Å². The molecule has 0 radical (unpaired) electrons. The highest BCUT2D eigenvalue weighted by Gasteiger charge is 2.59. The molecule has 0 aromatic heterocycles. The number of amides is 12. The predicted molar refractivity (Wildman–Crippen MR) is 389 cm³/mol. The molecule has 25 nitrogen and oxygen atoms in total. The first kappa shape index (κ1) is 85.4. The van der Waals surface area contributed by atoms with Gasteiger partial charge in [-0.25, -0.2) is 0 Å². The van der Waals surface area contributed by atoms with E-state index in [4.69, 9.17) is 4.74 Å². The van der Waals surface area contributed by atoms with Crippen LogP contribution in [0.4, 0.5) is 13.2 Å². The molecule has 4 aliphatic carbocycles. The van der Waals surface area contributed by atoms with Gasteiger partial charge in [0.1, 0.15) is 53.9 Å². The minimum absolute atomic E-state index is 0.00437. The summed E-state index contributed by atoms with van der Waals surface area (Å²) in [6, 6.07) is -9.89. The van der Waals surface area contributed by atoms with Crippen molar-refractivity contribution in [3.63, 3.8) is 0 Å². The normalized spacial score (nSPS) is 32.2. The second kappa shape index (κ2) is 36.4. The molecule has 3 aliphatic heterocycles. The van der Waals surface area contributed by atoms with E-state index in [1.54, 1.807) is 13.0 Å². The Morgan fingerprint density at radius 3 is 1.89 bits per heavy atom. The van der Waals surface area contributed by atoms with Gasteiger partial charge in [-0.15, -0.1) is 0 Å². The number of methoxy groups -OCH3 is 1. The van der Waals surface area contributed by atoms with Crippen molar-refractivity contribution in [2.45, 2.75) is 263 Å². The largest absolute Gasteiger partial charge is 0.394 e. The van der Waals surface area contributed by atoms with Gasteiger partial charge in [-0.3, -0.25) is 57.5 Å². The second-order valence-electron chi connectivity index (χ2n) is 33.9. The van der Waals surface area contributed by atoms with E-state index in [1.807, 2.05) is 47.6 Å². The van der Waals surface area contributed by atoms with Gasteiger partial charge >= 0.3 is 6.18 Å². The molecule has 3 unspecified atom stereocenters. The van der Waals surface area contributed by atoms with Crippen LogP contribution in [0.15, 0.2) is 12.2 Å². The van der Waals surface area contributed by atoms with Crippen LogP contribution in [0.3, 0.4) is 0 Å². The number of likely N-dealkylation sites (N-methyl/N-ethyl adjacent to an activating group) is 7. The summed E-state index contributed by atoms with van der Waals surface area (Å²) in [6.45, 7) is 14.3. The molecule has 28 heteroatoms. The number of nitrogens with zero attached hydrogens (tertiary/aromatic N) is 9. The molecule has 6 fully saturated rings. The summed E-state index contributed by atoms with van der Waals surface area (Å²) in [7, 11) is 12.9. The monoisotopic (exact) mass is 1480 g/mol. The first-order valence-corrected chi connectivity index (χ1v) is 38.7. The third kappa shape index (κ3) is 20.9. The van der Waals surface area contributed by atoms with Crippen LogP contribution in [0.2, 0.25) is 0 Å². The van der Waals surface area contributed by atoms with Crippen LogP contribution in [0.1, 0.15) is 197 Å². The second-order valence-corrected chi connectivity index (χ2v) is 33.9. The van der Waals surface area contributed by atoms with Crippen molar-refractivity contribution in [2.24, 2.45) is 52.8 Å². The number of carbonyl (C=O) groups excluding carboxylic acids is 12. The molecule has 13 atom stereocenters. The van der Waals surface area contributed by atoms with Gasteiger partial charge in [0.2, 0.25) is 70.9 Å². The number of carbonyl (C=O) groups is 12. The number of halogens is 3. The molecular weight excluding hydrogens is 1360 g/mol. The predicted octanol–water partition coefficient (Wildman–Crippen LogP) is 6.40. The Bertz CT molecular complexity index is 3150. The van der Waals surface area contributed by atoms with Crippen molar-refractivity contribution in [1.82, 2.24) is 60.0 Å². The number of nitrogens with one attached hydrogen (secondary N) is 3. The fourth-order valence-corrected chi connectivity index (χ4v) is 17.9. The molecule has 592 valence electrons. The Hall–Kier alpha value is -6.87. The summed E-state index contributed by atoms with van der Waals surface area (Å²) in [5.41, 5.74) is -2.10. The quantitative estimate of drug-likeness (QED) is 0.179. The van der Waals surface area contributed by atoms with Crippen molar-refractivity contribution >= 4 is 70.9 Å². The summed E-state index contributed by atoms with van der Waals surface area (Å²) in [4.78, 5) is 194. The summed E-state index contributed by atoms with van der Waals surface area (Å²) in [5, 5.41) is 8.93. The van der Waals surface area contributed by atoms with E-state index < -0.39 is 180 Å². The van der Waals surface area contributed by atoms with Crippen LogP contribution in [0.5, 0.6) is 0 Å². The molecule has 1 spiro atoms. The van der Waals surface area contributed by atoms with Crippen LogP contribution in [0.25, 0.3) is 0 Å². The highest BCUT2D eigenvalue weighted by atomic mass is 19.4. The number of rotatable bonds is 12. The molecule has 12 amide bonds. The average molecular weight is 1480 g/mol. The van der Waals surface area contributed by atoms with Crippen molar-refractivity contribution < 1.29 is 75.4 Å². The van der Waals surface area contributed by atoms with E-state index in [0.29, 0.717) is 31.6 Å². The third-order valence-electron chi connectivity index (χ3n) is 24.3. The van der Waals surface area contributed by atoms with Crippen molar-refractivity contribution in [3.05, 3.63) is 12.2 Å². The summed E-state index contributed by atoms with van der Waals surface area (Å²) < 4.78 is 48.3. The van der Waals surface area contributed by atoms with E-state index in [9.17, 15) is 41.9 Å². The molecule has 7 aliphatic rings. The minimum atomic E-state index is -4.51. The Labute approximate surface area is 621 Å². The minimum Gasteiger partial charge on any atom is -0.381 e. The zero-order chi connectivity index (χ0) is 78.1. The van der Waals surface area contributed by atoms with Crippen LogP contribution in [0, 0.1) is 52.8 Å². The Balaban J connectivity index is 1.32. The molecule has 7 rings (SSSR count). The van der Waals surface area contributed by atoms with Crippen molar-refractivity contribution in [2.75, 3.05) is 89.7 Å². The van der Waals surface area contributed by atoms with Crippen LogP contribution >= 0.6 is 0 Å². The topological polar surface area (TPSA) is 279 Å². The smallest absolute Gasteiger partial charge is 0.381 e. The average Bonchev–Trinajstić information content (AvgIpc) is 1.24. The SMILES string of the molecule is CC[C@H](C)[C@@H]1NC(=O)[C@H](CC(C)C)N(C)C(=O)C[C@@H](C(=O)N(C)C)N(C)C(=O)[C@H](C2CCCC2)N(C)C(=O)C2(CC(C)(C)C2)NC(=O)[C@@H]2C[C@H](C)CN2C(=O)[C@H](CCC2CCC(C(F)(F)F)C(OC)C2)NC(=O)CN(C)C(=O)[C@H](CC2CCC(C)CC2)N2CC/C=C\C[C@@H](C2=O)N(C)C(=O)CN(C)C1=O. The lowest BCUT2D eigenvalue weighted by Crippen LogP contribution is -2.71. The van der Waals surface area contributed by atoms with Crippen LogP contribution in [-0.4, -0.2) is 271 Å². The molecule has 3 N–H and O–H groups in total. The zero-order valence-corrected chi connectivity index (χ0v) is 65.8. The first-order chi connectivity index (χ1) is 49.1. The van der Waals surface area contributed by atoms with Gasteiger partial charge in [-0.2, -0.15) is 13.2 Å². The van der Waals surface area contributed by atoms with Gasteiger partial charge in [-0.1, -0.05) is 112 Å². The zero-order valence-electron chi connectivity index (χ0n) is 65.8. The van der Waals surface area contributed by atoms with E-state index in [2.05, 4.69) is 22.9 Å². The van der Waals surface area contributed by atoms with Gasteiger partial charge in [0, 0.05) is 76.6 Å². The van der Waals surface area contributed by atoms with Gasteiger partial charge < -0.3 is 64.8 Å². The maximum absolute atomic E-state index is 15.8. The molecule has 2 bridgehead atoms. The van der Waals surface area contributed by atoms with E-state index in [-0.39, 0.29) is 107 Å². The highest BCUT2D eigenvalue weighted by Crippen LogP contribution is 2.50. The number of hydrogen-bond donors (Lipinski definition) is 3. The number of fused-ring (bicyclic) bond motifs is 3. The number of ether oxygens (including phenoxy) is 1. The van der Waals surface area contributed by atoms with Gasteiger partial charge in [0.15, 0.2) is 0 Å². The molecule has 4 saturated carbocycles. The molecule has 3 heterocycles. The summed E-state index contributed by atoms with van der Waals surface area (Å²) in [5.74, 6) is -10.6. The lowest BCUT2D eigenvalue weighted by atomic mass is 9.58. The fourth-order valence-electron chi connectivity index (χ4n) is 17.9. The number of hydrogen-bond acceptors (Lipinski definition) is 13. The Morgan fingerprint density at radius 1 is 0.667 bits per heavy atom. The lowest BCUT2D eigenvalue weighted by Gasteiger charge is -2.54. The van der Waals surface area contributed by atoms with Gasteiger partial charge in [-0.05, 0) is 137 Å². The van der Waals surface area contributed by atoms with Crippen molar-refractivity contribution in [1.29, 1.82) is 0 Å². The number of alkyl halides is 3. The van der Waals surface area contributed by atoms with Crippen LogP contribution < -0.4 is 16.0 Å². The van der Waals surface area contributed by atoms with Gasteiger partial charge in [0.25, 0.3) is 0 Å². The molecular formula is C77H125F3N12O13. The Kier molecular flexibility index (Phi) is 29.6.